The SMILES string of the molecule is NC(c1nc2cc(-c3ccncc3F)sc2c(=O)[nH]1)C1CC1. The molecule has 0 saturated heterocycles. The maximum Gasteiger partial charge on any atom is 0.268 e. The van der Waals surface area contributed by atoms with Crippen LogP contribution in [-0.2, 0) is 0 Å². The quantitative estimate of drug-likeness (QED) is 0.778. The third-order valence-corrected chi connectivity index (χ3v) is 5.04. The molecule has 0 aromatic carbocycles. The van der Waals surface area contributed by atoms with Gasteiger partial charge in [0.2, 0.25) is 0 Å². The summed E-state index contributed by atoms with van der Waals surface area (Å²) in [5, 5.41) is 0. The van der Waals surface area contributed by atoms with Crippen molar-refractivity contribution in [1.29, 1.82) is 0 Å². The van der Waals surface area contributed by atoms with Gasteiger partial charge in [0.15, 0.2) is 0 Å². The van der Waals surface area contributed by atoms with Crippen LogP contribution in [-0.4, -0.2) is 15.0 Å². The summed E-state index contributed by atoms with van der Waals surface area (Å²) >= 11 is 1.22. The first-order valence-corrected chi connectivity index (χ1v) is 7.84. The fraction of sp³-hybridized carbons (Fsp3) is 0.267. The van der Waals surface area contributed by atoms with E-state index in [1.165, 1.54) is 17.5 Å². The summed E-state index contributed by atoms with van der Waals surface area (Å²) in [6.45, 7) is 0. The Kier molecular flexibility index (Phi) is 3.05. The highest BCUT2D eigenvalue weighted by Gasteiger charge is 2.31. The van der Waals surface area contributed by atoms with Crippen molar-refractivity contribution in [3.8, 4) is 10.4 Å². The van der Waals surface area contributed by atoms with Crippen LogP contribution in [0.5, 0.6) is 0 Å². The van der Waals surface area contributed by atoms with Crippen LogP contribution in [0.15, 0.2) is 29.3 Å². The Morgan fingerprint density at radius 2 is 2.27 bits per heavy atom. The molecule has 0 bridgehead atoms. The van der Waals surface area contributed by atoms with Crippen LogP contribution in [0.1, 0.15) is 24.7 Å². The summed E-state index contributed by atoms with van der Waals surface area (Å²) in [5.74, 6) is 0.497. The normalized spacial score (nSPS) is 16.1. The molecule has 0 radical (unpaired) electrons. The minimum absolute atomic E-state index is 0.221. The van der Waals surface area contributed by atoms with Gasteiger partial charge in [-0.05, 0) is 30.9 Å². The standard InChI is InChI=1S/C15H13FN4OS/c16-9-6-18-4-3-8(9)11-5-10-13(22-11)15(21)20-14(19-10)12(17)7-1-2-7/h3-7,12H,1-2,17H2,(H,19,20,21). The van der Waals surface area contributed by atoms with E-state index in [0.29, 0.717) is 32.4 Å². The summed E-state index contributed by atoms with van der Waals surface area (Å²) in [5.41, 5.74) is 6.87. The van der Waals surface area contributed by atoms with Gasteiger partial charge >= 0.3 is 0 Å². The van der Waals surface area contributed by atoms with E-state index in [-0.39, 0.29) is 11.6 Å². The average molecular weight is 316 g/mol. The first-order chi connectivity index (χ1) is 10.6. The van der Waals surface area contributed by atoms with Crippen LogP contribution >= 0.6 is 11.3 Å². The monoisotopic (exact) mass is 316 g/mol. The zero-order chi connectivity index (χ0) is 15.3. The summed E-state index contributed by atoms with van der Waals surface area (Å²) in [4.78, 5) is 23.9. The summed E-state index contributed by atoms with van der Waals surface area (Å²) in [7, 11) is 0. The number of hydrogen-bond acceptors (Lipinski definition) is 5. The van der Waals surface area contributed by atoms with Gasteiger partial charge in [-0.1, -0.05) is 0 Å². The fourth-order valence-electron chi connectivity index (χ4n) is 2.50. The molecule has 7 heteroatoms. The molecule has 1 atom stereocenters. The highest BCUT2D eigenvalue weighted by molar-refractivity contribution is 7.22. The van der Waals surface area contributed by atoms with E-state index < -0.39 is 5.82 Å². The van der Waals surface area contributed by atoms with E-state index in [9.17, 15) is 9.18 Å². The number of rotatable bonds is 3. The molecule has 5 nitrogen and oxygen atoms in total. The largest absolute Gasteiger partial charge is 0.321 e. The van der Waals surface area contributed by atoms with Crippen LogP contribution in [0.3, 0.4) is 0 Å². The number of H-pyrrole nitrogens is 1. The molecule has 22 heavy (non-hydrogen) atoms. The Labute approximate surface area is 129 Å². The third-order valence-electron chi connectivity index (χ3n) is 3.88. The highest BCUT2D eigenvalue weighted by Crippen LogP contribution is 2.39. The lowest BCUT2D eigenvalue weighted by atomic mass is 10.2. The van der Waals surface area contributed by atoms with Crippen LogP contribution in [0.4, 0.5) is 4.39 Å². The van der Waals surface area contributed by atoms with Crippen LogP contribution < -0.4 is 11.3 Å². The number of pyridine rings is 1. The van der Waals surface area contributed by atoms with Gasteiger partial charge in [-0.25, -0.2) is 9.37 Å². The van der Waals surface area contributed by atoms with Crippen LogP contribution in [0.25, 0.3) is 20.7 Å². The summed E-state index contributed by atoms with van der Waals surface area (Å²) in [6.07, 6.45) is 4.82. The molecule has 0 amide bonds. The van der Waals surface area contributed by atoms with Gasteiger partial charge in [0, 0.05) is 16.6 Å². The predicted octanol–water partition coefficient (Wildman–Crippen LogP) is 2.60. The maximum absolute atomic E-state index is 13.8. The Morgan fingerprint density at radius 1 is 1.45 bits per heavy atom. The van der Waals surface area contributed by atoms with Crippen molar-refractivity contribution in [2.45, 2.75) is 18.9 Å². The van der Waals surface area contributed by atoms with Gasteiger partial charge in [0.25, 0.3) is 5.56 Å². The van der Waals surface area contributed by atoms with Crippen molar-refractivity contribution in [2.75, 3.05) is 0 Å². The number of halogens is 1. The van der Waals surface area contributed by atoms with Gasteiger partial charge in [-0.3, -0.25) is 9.78 Å². The number of aromatic amines is 1. The molecule has 1 aliphatic rings. The summed E-state index contributed by atoms with van der Waals surface area (Å²) < 4.78 is 14.3. The molecule has 1 unspecified atom stereocenters. The lowest BCUT2D eigenvalue weighted by Crippen LogP contribution is -2.20. The molecule has 4 rings (SSSR count). The zero-order valence-electron chi connectivity index (χ0n) is 11.5. The molecule has 3 heterocycles. The second kappa shape index (κ2) is 4.96. The number of nitrogens with two attached hydrogens (primary N) is 1. The molecule has 3 aromatic rings. The number of nitrogens with one attached hydrogen (secondary N) is 1. The number of fused-ring (bicyclic) bond motifs is 1. The lowest BCUT2D eigenvalue weighted by Gasteiger charge is -2.08. The van der Waals surface area contributed by atoms with Gasteiger partial charge < -0.3 is 10.7 Å². The minimum Gasteiger partial charge on any atom is -0.321 e. The van der Waals surface area contributed by atoms with Crippen molar-refractivity contribution >= 4 is 21.6 Å². The van der Waals surface area contributed by atoms with E-state index in [4.69, 9.17) is 5.73 Å². The van der Waals surface area contributed by atoms with Gasteiger partial charge in [0.05, 0.1) is 17.8 Å². The van der Waals surface area contributed by atoms with Crippen molar-refractivity contribution in [2.24, 2.45) is 11.7 Å². The highest BCUT2D eigenvalue weighted by atomic mass is 32.1. The number of thiophene rings is 1. The molecule has 3 aromatic heterocycles. The molecular formula is C15H13FN4OS. The number of nitrogens with zero attached hydrogens (tertiary/aromatic N) is 2. The zero-order valence-corrected chi connectivity index (χ0v) is 12.4. The van der Waals surface area contributed by atoms with Gasteiger partial charge in [-0.15, -0.1) is 11.3 Å². The minimum atomic E-state index is -0.416. The van der Waals surface area contributed by atoms with Crippen LogP contribution in [0, 0.1) is 11.7 Å². The number of aromatic nitrogens is 3. The molecule has 1 aliphatic carbocycles. The maximum atomic E-state index is 13.8. The van der Waals surface area contributed by atoms with E-state index in [2.05, 4.69) is 15.0 Å². The summed E-state index contributed by atoms with van der Waals surface area (Å²) in [6, 6.07) is 3.08. The molecule has 0 aliphatic heterocycles. The fourth-order valence-corrected chi connectivity index (χ4v) is 3.52. The second-order valence-electron chi connectivity index (χ2n) is 5.49. The third kappa shape index (κ3) is 2.22. The second-order valence-corrected chi connectivity index (χ2v) is 6.55. The van der Waals surface area contributed by atoms with Crippen LogP contribution in [0.2, 0.25) is 0 Å². The first kappa shape index (κ1) is 13.5. The smallest absolute Gasteiger partial charge is 0.268 e. The van der Waals surface area contributed by atoms with Gasteiger partial charge in [0.1, 0.15) is 16.3 Å². The van der Waals surface area contributed by atoms with E-state index in [0.717, 1.165) is 19.0 Å². The Balaban J connectivity index is 1.85. The topological polar surface area (TPSA) is 84.7 Å². The molecular weight excluding hydrogens is 303 g/mol. The Morgan fingerprint density at radius 3 is 3.00 bits per heavy atom. The molecule has 1 fully saturated rings. The van der Waals surface area contributed by atoms with Crippen molar-refractivity contribution in [1.82, 2.24) is 15.0 Å². The Bertz CT molecular complexity index is 915. The molecule has 0 spiro atoms. The molecule has 1 saturated carbocycles. The predicted molar refractivity (Wildman–Crippen MR) is 83.1 cm³/mol. The molecule has 112 valence electrons. The van der Waals surface area contributed by atoms with Crippen molar-refractivity contribution in [3.05, 3.63) is 46.5 Å². The Hall–Kier alpha value is -2.12. The van der Waals surface area contributed by atoms with E-state index >= 15 is 0 Å². The lowest BCUT2D eigenvalue weighted by molar-refractivity contribution is 0.594. The van der Waals surface area contributed by atoms with Crippen molar-refractivity contribution in [3.63, 3.8) is 0 Å². The van der Waals surface area contributed by atoms with Crippen molar-refractivity contribution < 1.29 is 4.39 Å². The number of hydrogen-bond donors (Lipinski definition) is 2. The van der Waals surface area contributed by atoms with E-state index in [1.54, 1.807) is 12.1 Å². The van der Waals surface area contributed by atoms with E-state index in [1.807, 2.05) is 0 Å². The first-order valence-electron chi connectivity index (χ1n) is 7.02. The average Bonchev–Trinajstić information content (AvgIpc) is 3.26. The molecule has 3 N–H and O–H groups in total. The van der Waals surface area contributed by atoms with Gasteiger partial charge in [-0.2, -0.15) is 0 Å².